The van der Waals surface area contributed by atoms with Crippen LogP contribution in [0.4, 0.5) is 0 Å². The van der Waals surface area contributed by atoms with Crippen LogP contribution in [-0.4, -0.2) is 39.7 Å². The van der Waals surface area contributed by atoms with Gasteiger partial charge in [-0.15, -0.1) is 0 Å². The number of rotatable bonds is 4. The Bertz CT molecular complexity index is 833. The van der Waals surface area contributed by atoms with E-state index in [9.17, 15) is 15.3 Å². The van der Waals surface area contributed by atoms with E-state index in [1.807, 2.05) is 12.1 Å². The molecular weight excluding hydrogens is 356 g/mol. The van der Waals surface area contributed by atoms with Crippen molar-refractivity contribution in [2.24, 2.45) is 0 Å². The Labute approximate surface area is 165 Å². The summed E-state index contributed by atoms with van der Waals surface area (Å²) in [7, 11) is 0. The van der Waals surface area contributed by atoms with E-state index < -0.39 is 30.2 Å². The first-order valence-corrected chi connectivity index (χ1v) is 10.0. The van der Waals surface area contributed by atoms with E-state index in [4.69, 9.17) is 9.47 Å². The van der Waals surface area contributed by atoms with Crippen LogP contribution >= 0.6 is 0 Å². The maximum atomic E-state index is 10.7. The highest BCUT2D eigenvalue weighted by Crippen LogP contribution is 2.46. The second kappa shape index (κ2) is 7.58. The fourth-order valence-corrected chi connectivity index (χ4v) is 4.24. The van der Waals surface area contributed by atoms with E-state index in [-0.39, 0.29) is 0 Å². The molecule has 2 heterocycles. The van der Waals surface area contributed by atoms with Gasteiger partial charge < -0.3 is 24.8 Å². The summed E-state index contributed by atoms with van der Waals surface area (Å²) in [6.07, 6.45) is -1.52. The summed E-state index contributed by atoms with van der Waals surface area (Å²) < 4.78 is 11.8. The Morgan fingerprint density at radius 3 is 2.36 bits per heavy atom. The Balaban J connectivity index is 1.62. The SMILES string of the molecule is CCCc1ccc(Cc2ccc3c(c2)C2(OC3)OC(C)C(O)C(O)C2O)cc1. The number of benzene rings is 2. The monoisotopic (exact) mass is 384 g/mol. The van der Waals surface area contributed by atoms with Gasteiger partial charge in [0.15, 0.2) is 0 Å². The summed E-state index contributed by atoms with van der Waals surface area (Å²) in [5.41, 5.74) is 5.29. The normalized spacial score (nSPS) is 31.9. The lowest BCUT2D eigenvalue weighted by atomic mass is 9.86. The van der Waals surface area contributed by atoms with Crippen LogP contribution in [0.1, 0.15) is 48.1 Å². The van der Waals surface area contributed by atoms with E-state index in [2.05, 4.69) is 37.3 Å². The second-order valence-corrected chi connectivity index (χ2v) is 7.94. The summed E-state index contributed by atoms with van der Waals surface area (Å²) in [5, 5.41) is 31.0. The maximum Gasteiger partial charge on any atom is 0.225 e. The van der Waals surface area contributed by atoms with Crippen LogP contribution in [-0.2, 0) is 34.7 Å². The van der Waals surface area contributed by atoms with Crippen molar-refractivity contribution in [1.82, 2.24) is 0 Å². The molecule has 5 nitrogen and oxygen atoms in total. The zero-order valence-corrected chi connectivity index (χ0v) is 16.3. The average Bonchev–Trinajstić information content (AvgIpc) is 3.05. The molecule has 5 heteroatoms. The minimum Gasteiger partial charge on any atom is -0.388 e. The van der Waals surface area contributed by atoms with E-state index in [0.717, 1.165) is 36.0 Å². The molecule has 0 amide bonds. The van der Waals surface area contributed by atoms with Gasteiger partial charge in [0.25, 0.3) is 0 Å². The zero-order valence-electron chi connectivity index (χ0n) is 16.3. The van der Waals surface area contributed by atoms with Gasteiger partial charge in [-0.3, -0.25) is 0 Å². The molecule has 4 rings (SSSR count). The van der Waals surface area contributed by atoms with Gasteiger partial charge in [-0.25, -0.2) is 0 Å². The summed E-state index contributed by atoms with van der Waals surface area (Å²) in [6, 6.07) is 14.7. The molecule has 0 saturated carbocycles. The highest BCUT2D eigenvalue weighted by atomic mass is 16.7. The van der Waals surface area contributed by atoms with Crippen LogP contribution in [0.25, 0.3) is 0 Å². The van der Waals surface area contributed by atoms with Crippen LogP contribution in [0, 0.1) is 0 Å². The van der Waals surface area contributed by atoms with Gasteiger partial charge in [0, 0.05) is 5.56 Å². The van der Waals surface area contributed by atoms with Gasteiger partial charge in [-0.05, 0) is 48.1 Å². The maximum absolute atomic E-state index is 10.7. The molecule has 5 unspecified atom stereocenters. The first-order valence-electron chi connectivity index (χ1n) is 10.0. The van der Waals surface area contributed by atoms with Crippen LogP contribution < -0.4 is 0 Å². The third-order valence-corrected chi connectivity index (χ3v) is 5.87. The summed E-state index contributed by atoms with van der Waals surface area (Å²) in [6.45, 7) is 4.15. The zero-order chi connectivity index (χ0) is 19.9. The van der Waals surface area contributed by atoms with Crippen molar-refractivity contribution in [2.45, 2.75) is 69.9 Å². The van der Waals surface area contributed by atoms with Crippen LogP contribution in [0.2, 0.25) is 0 Å². The lowest BCUT2D eigenvalue weighted by molar-refractivity contribution is -0.362. The molecule has 1 spiro atoms. The van der Waals surface area contributed by atoms with Crippen molar-refractivity contribution < 1.29 is 24.8 Å². The van der Waals surface area contributed by atoms with E-state index in [0.29, 0.717) is 6.61 Å². The molecule has 2 aliphatic heterocycles. The van der Waals surface area contributed by atoms with Gasteiger partial charge in [-0.1, -0.05) is 49.7 Å². The minimum absolute atomic E-state index is 0.300. The molecular formula is C23H28O5. The molecule has 5 atom stereocenters. The van der Waals surface area contributed by atoms with Gasteiger partial charge in [-0.2, -0.15) is 0 Å². The summed E-state index contributed by atoms with van der Waals surface area (Å²) in [4.78, 5) is 0. The molecule has 2 aromatic carbocycles. The Kier molecular flexibility index (Phi) is 5.29. The second-order valence-electron chi connectivity index (χ2n) is 7.94. The third kappa shape index (κ3) is 3.27. The number of aliphatic hydroxyl groups is 3. The van der Waals surface area contributed by atoms with Crippen LogP contribution in [0.15, 0.2) is 42.5 Å². The first-order chi connectivity index (χ1) is 13.4. The standard InChI is InChI=1S/C23H28O5/c1-3-4-15-5-7-16(8-6-15)11-17-9-10-18-13-27-23(19(18)12-17)22(26)21(25)20(24)14(2)28-23/h5-10,12,14,20-22,24-26H,3-4,11,13H2,1-2H3. The Hall–Kier alpha value is -1.76. The van der Waals surface area contributed by atoms with E-state index >= 15 is 0 Å². The Morgan fingerprint density at radius 2 is 1.64 bits per heavy atom. The summed E-state index contributed by atoms with van der Waals surface area (Å²) >= 11 is 0. The van der Waals surface area contributed by atoms with Crippen molar-refractivity contribution in [3.05, 3.63) is 70.3 Å². The van der Waals surface area contributed by atoms with Gasteiger partial charge in [0.2, 0.25) is 5.79 Å². The molecule has 0 aliphatic carbocycles. The highest BCUT2D eigenvalue weighted by molar-refractivity contribution is 5.41. The smallest absolute Gasteiger partial charge is 0.225 e. The molecule has 1 fully saturated rings. The molecule has 2 aliphatic rings. The third-order valence-electron chi connectivity index (χ3n) is 5.87. The molecule has 150 valence electrons. The quantitative estimate of drug-likeness (QED) is 0.755. The number of aliphatic hydroxyl groups excluding tert-OH is 3. The predicted octanol–water partition coefficient (Wildman–Crippen LogP) is 2.41. The van der Waals surface area contributed by atoms with E-state index in [1.165, 1.54) is 11.1 Å². The highest BCUT2D eigenvalue weighted by Gasteiger charge is 2.57. The lowest BCUT2D eigenvalue weighted by Gasteiger charge is -2.45. The molecule has 3 N–H and O–H groups in total. The number of ether oxygens (including phenoxy) is 2. The molecule has 0 aromatic heterocycles. The fraction of sp³-hybridized carbons (Fsp3) is 0.478. The molecule has 0 bridgehead atoms. The largest absolute Gasteiger partial charge is 0.388 e. The first kappa shape index (κ1) is 19.6. The van der Waals surface area contributed by atoms with Crippen molar-refractivity contribution in [3.63, 3.8) is 0 Å². The fourth-order valence-electron chi connectivity index (χ4n) is 4.24. The van der Waals surface area contributed by atoms with E-state index in [1.54, 1.807) is 6.92 Å². The number of aryl methyl sites for hydroxylation is 1. The number of fused-ring (bicyclic) bond motifs is 2. The molecule has 0 radical (unpaired) electrons. The van der Waals surface area contributed by atoms with Gasteiger partial charge in [0.05, 0.1) is 12.7 Å². The van der Waals surface area contributed by atoms with Crippen LogP contribution in [0.3, 0.4) is 0 Å². The average molecular weight is 384 g/mol. The molecule has 28 heavy (non-hydrogen) atoms. The van der Waals surface area contributed by atoms with Gasteiger partial charge in [0.1, 0.15) is 18.3 Å². The summed E-state index contributed by atoms with van der Waals surface area (Å²) in [5.74, 6) is -1.44. The van der Waals surface area contributed by atoms with Crippen molar-refractivity contribution >= 4 is 0 Å². The number of hydrogen-bond acceptors (Lipinski definition) is 5. The van der Waals surface area contributed by atoms with Gasteiger partial charge >= 0.3 is 0 Å². The van der Waals surface area contributed by atoms with Crippen molar-refractivity contribution in [3.8, 4) is 0 Å². The Morgan fingerprint density at radius 1 is 0.964 bits per heavy atom. The van der Waals surface area contributed by atoms with Crippen molar-refractivity contribution in [1.29, 1.82) is 0 Å². The predicted molar refractivity (Wildman–Crippen MR) is 105 cm³/mol. The lowest BCUT2D eigenvalue weighted by Crippen LogP contribution is -2.62. The van der Waals surface area contributed by atoms with Crippen LogP contribution in [0.5, 0.6) is 0 Å². The topological polar surface area (TPSA) is 79.2 Å². The molecule has 2 aromatic rings. The minimum atomic E-state index is -1.44. The van der Waals surface area contributed by atoms with Crippen molar-refractivity contribution in [2.75, 3.05) is 0 Å². The molecule has 1 saturated heterocycles. The number of hydrogen-bond donors (Lipinski definition) is 3.